The first-order valence-electron chi connectivity index (χ1n) is 14.6. The maximum atomic E-state index is 14.4. The van der Waals surface area contributed by atoms with Crippen LogP contribution in [0.4, 0.5) is 5.95 Å². The lowest BCUT2D eigenvalue weighted by molar-refractivity contribution is 0.0653. The highest BCUT2D eigenvalue weighted by Gasteiger charge is 2.38. The van der Waals surface area contributed by atoms with E-state index in [1.807, 2.05) is 42.2 Å². The second-order valence-electron chi connectivity index (χ2n) is 11.4. The fraction of sp³-hybridized carbons (Fsp3) is 0.265. The molecule has 0 bridgehead atoms. The summed E-state index contributed by atoms with van der Waals surface area (Å²) in [4.78, 5) is 48.9. The topological polar surface area (TPSA) is 111 Å². The molecule has 2 amide bonds. The minimum Gasteiger partial charge on any atom is -0.355 e. The predicted octanol–water partition coefficient (Wildman–Crippen LogP) is 5.23. The number of halogens is 2. The molecule has 3 atom stereocenters. The molecule has 6 rings (SSSR count). The maximum absolute atomic E-state index is 14.4. The van der Waals surface area contributed by atoms with Gasteiger partial charge in [-0.2, -0.15) is 5.26 Å². The molecule has 228 valence electrons. The van der Waals surface area contributed by atoms with Crippen LogP contribution in [0, 0.1) is 17.2 Å². The number of hydrogen-bond donors (Lipinski definition) is 1. The number of amides is 2. The third-order valence-corrected chi connectivity index (χ3v) is 9.37. The van der Waals surface area contributed by atoms with Crippen molar-refractivity contribution in [2.75, 3.05) is 25.0 Å². The van der Waals surface area contributed by atoms with E-state index in [0.717, 1.165) is 5.56 Å². The van der Waals surface area contributed by atoms with Crippen molar-refractivity contribution in [2.24, 2.45) is 5.92 Å². The summed E-state index contributed by atoms with van der Waals surface area (Å²) in [6.45, 7) is 2.88. The van der Waals surface area contributed by atoms with Crippen molar-refractivity contribution in [2.45, 2.75) is 31.8 Å². The Morgan fingerprint density at radius 3 is 2.36 bits per heavy atom. The van der Waals surface area contributed by atoms with Gasteiger partial charge in [0, 0.05) is 48.8 Å². The van der Waals surface area contributed by atoms with Crippen molar-refractivity contribution < 1.29 is 9.59 Å². The number of hydrogen-bond acceptors (Lipinski definition) is 6. The van der Waals surface area contributed by atoms with Gasteiger partial charge in [-0.15, -0.1) is 0 Å². The van der Waals surface area contributed by atoms with E-state index >= 15 is 0 Å². The van der Waals surface area contributed by atoms with Crippen molar-refractivity contribution in [3.8, 4) is 11.8 Å². The Hall–Kier alpha value is -4.65. The third-order valence-electron chi connectivity index (χ3n) is 8.63. The van der Waals surface area contributed by atoms with Gasteiger partial charge in [0.1, 0.15) is 0 Å². The average Bonchev–Trinajstić information content (AvgIpc) is 3.50. The van der Waals surface area contributed by atoms with Crippen molar-refractivity contribution in [1.29, 1.82) is 5.26 Å². The maximum Gasteiger partial charge on any atom is 0.263 e. The molecule has 9 nitrogen and oxygen atoms in total. The number of nitrogens with zero attached hydrogens (tertiary/aromatic N) is 5. The zero-order valence-corrected chi connectivity index (χ0v) is 26.2. The minimum atomic E-state index is -0.322. The number of nitrogens with one attached hydrogen (secondary N) is 1. The molecule has 0 saturated carbocycles. The third kappa shape index (κ3) is 5.68. The highest BCUT2D eigenvalue weighted by molar-refractivity contribution is 6.42. The second kappa shape index (κ2) is 12.4. The summed E-state index contributed by atoms with van der Waals surface area (Å²) in [7, 11) is 1.56. The fourth-order valence-corrected chi connectivity index (χ4v) is 6.50. The van der Waals surface area contributed by atoms with Crippen molar-refractivity contribution in [1.82, 2.24) is 19.8 Å². The molecule has 2 aliphatic heterocycles. The van der Waals surface area contributed by atoms with E-state index in [1.165, 1.54) is 0 Å². The number of benzene rings is 3. The van der Waals surface area contributed by atoms with E-state index in [4.69, 9.17) is 28.2 Å². The first kappa shape index (κ1) is 30.4. The Morgan fingerprint density at radius 2 is 1.69 bits per heavy atom. The van der Waals surface area contributed by atoms with Gasteiger partial charge in [0.15, 0.2) is 0 Å². The van der Waals surface area contributed by atoms with Gasteiger partial charge in [0.25, 0.3) is 17.4 Å². The van der Waals surface area contributed by atoms with Crippen molar-refractivity contribution >= 4 is 41.0 Å². The number of aromatic nitrogens is 2. The molecule has 0 spiro atoms. The Bertz CT molecular complexity index is 1890. The SMILES string of the molecule is CNC(=O)c1ccc(-n2c(N3C[C@@H](C#N)[C@H](c4ccccc4)C3)nc3c(c2=O)C[C@@H](C)N(C(=O)c2ccc(Cl)c(Cl)c2)C3)cc1. The van der Waals surface area contributed by atoms with Crippen LogP contribution in [0.5, 0.6) is 0 Å². The molecule has 0 radical (unpaired) electrons. The summed E-state index contributed by atoms with van der Waals surface area (Å²) in [6.07, 6.45) is 0.304. The number of fused-ring (bicyclic) bond motifs is 1. The first-order chi connectivity index (χ1) is 21.7. The summed E-state index contributed by atoms with van der Waals surface area (Å²) in [6, 6.07) is 23.6. The summed E-state index contributed by atoms with van der Waals surface area (Å²) in [5, 5.41) is 13.4. The lowest BCUT2D eigenvalue weighted by Crippen LogP contribution is -2.46. The number of rotatable bonds is 5. The highest BCUT2D eigenvalue weighted by Crippen LogP contribution is 2.36. The van der Waals surface area contributed by atoms with Crippen LogP contribution >= 0.6 is 23.2 Å². The van der Waals surface area contributed by atoms with Crippen LogP contribution in [-0.4, -0.2) is 52.4 Å². The van der Waals surface area contributed by atoms with E-state index in [9.17, 15) is 19.6 Å². The van der Waals surface area contributed by atoms with E-state index in [1.54, 1.807) is 59.0 Å². The number of nitriles is 1. The van der Waals surface area contributed by atoms with Gasteiger partial charge in [-0.1, -0.05) is 53.5 Å². The monoisotopic (exact) mass is 640 g/mol. The minimum absolute atomic E-state index is 0.0824. The molecule has 1 N–H and O–H groups in total. The highest BCUT2D eigenvalue weighted by atomic mass is 35.5. The van der Waals surface area contributed by atoms with Crippen molar-refractivity contribution in [3.05, 3.63) is 121 Å². The zero-order chi connectivity index (χ0) is 31.8. The van der Waals surface area contributed by atoms with Crippen LogP contribution in [0.1, 0.15) is 50.4 Å². The van der Waals surface area contributed by atoms with E-state index in [0.29, 0.717) is 58.6 Å². The number of anilines is 1. The molecule has 3 aromatic carbocycles. The molecule has 1 aromatic heterocycles. The molecule has 11 heteroatoms. The normalized spacial score (nSPS) is 19.1. The van der Waals surface area contributed by atoms with Gasteiger partial charge in [0.2, 0.25) is 5.95 Å². The summed E-state index contributed by atoms with van der Waals surface area (Å²) in [5.74, 6) is -0.487. The molecular weight excluding hydrogens is 611 g/mol. The van der Waals surface area contributed by atoms with Crippen LogP contribution < -0.4 is 15.8 Å². The molecule has 3 heterocycles. The molecule has 1 fully saturated rings. The average molecular weight is 642 g/mol. The number of carbonyl (C=O) groups excluding carboxylic acids is 2. The van der Waals surface area contributed by atoms with Gasteiger partial charge < -0.3 is 15.1 Å². The summed E-state index contributed by atoms with van der Waals surface area (Å²) >= 11 is 12.3. The molecule has 2 aliphatic rings. The smallest absolute Gasteiger partial charge is 0.263 e. The lowest BCUT2D eigenvalue weighted by Gasteiger charge is -2.35. The molecule has 45 heavy (non-hydrogen) atoms. The molecule has 0 aliphatic carbocycles. The summed E-state index contributed by atoms with van der Waals surface area (Å²) < 4.78 is 1.57. The molecule has 0 unspecified atom stereocenters. The van der Waals surface area contributed by atoms with Crippen LogP contribution in [0.2, 0.25) is 10.0 Å². The first-order valence-corrected chi connectivity index (χ1v) is 15.4. The lowest BCUT2D eigenvalue weighted by atomic mass is 9.90. The van der Waals surface area contributed by atoms with Crippen molar-refractivity contribution in [3.63, 3.8) is 0 Å². The van der Waals surface area contributed by atoms with E-state index in [-0.39, 0.29) is 46.8 Å². The van der Waals surface area contributed by atoms with Crippen LogP contribution in [0.15, 0.2) is 77.6 Å². The van der Waals surface area contributed by atoms with Crippen LogP contribution in [0.3, 0.4) is 0 Å². The molecule has 1 saturated heterocycles. The molecular formula is C34H30Cl2N6O3. The predicted molar refractivity (Wildman–Crippen MR) is 173 cm³/mol. The van der Waals surface area contributed by atoms with Gasteiger partial charge in [-0.05, 0) is 61.4 Å². The fourth-order valence-electron chi connectivity index (χ4n) is 6.20. The second-order valence-corrected chi connectivity index (χ2v) is 12.2. The quantitative estimate of drug-likeness (QED) is 0.320. The summed E-state index contributed by atoms with van der Waals surface area (Å²) in [5.41, 5.74) is 3.24. The largest absolute Gasteiger partial charge is 0.355 e. The number of carbonyl (C=O) groups is 2. The zero-order valence-electron chi connectivity index (χ0n) is 24.7. The van der Waals surface area contributed by atoms with Crippen LogP contribution in [0.25, 0.3) is 5.69 Å². The Balaban J connectivity index is 1.44. The Kier molecular flexibility index (Phi) is 8.36. The van der Waals surface area contributed by atoms with Crippen LogP contribution in [-0.2, 0) is 13.0 Å². The van der Waals surface area contributed by atoms with Gasteiger partial charge in [-0.25, -0.2) is 9.55 Å². The van der Waals surface area contributed by atoms with Gasteiger partial charge in [-0.3, -0.25) is 14.4 Å². The van der Waals surface area contributed by atoms with E-state index < -0.39 is 0 Å². The van der Waals surface area contributed by atoms with Gasteiger partial charge >= 0.3 is 0 Å². The Morgan fingerprint density at radius 1 is 0.978 bits per heavy atom. The standard InChI is InChI=1S/C34H30Cl2N6O3/c1-20-14-26-30(19-41(20)32(44)23-10-13-28(35)29(36)15-23)39-34(40-17-24(16-37)27(18-40)21-6-4-3-5-7-21)42(33(26)45)25-11-8-22(9-12-25)31(43)38-2/h3-13,15,20,24,27H,14,17-19H2,1-2H3,(H,38,43)/t20-,24-,27+/m1/s1. The van der Waals surface area contributed by atoms with Gasteiger partial charge in [0.05, 0.1) is 40.0 Å². The van der Waals surface area contributed by atoms with E-state index in [2.05, 4.69) is 11.4 Å². The Labute approximate surface area is 270 Å². The molecule has 4 aromatic rings.